The number of hydrogen-bond acceptors (Lipinski definition) is 1. The Bertz CT molecular complexity index is 622. The summed E-state index contributed by atoms with van der Waals surface area (Å²) in [5.41, 5.74) is 3.94. The zero-order valence-electron chi connectivity index (χ0n) is 19.4. The Morgan fingerprint density at radius 2 is 1.75 bits per heavy atom. The quantitative estimate of drug-likeness (QED) is 0.266. The SMILES string of the molecule is CC1CCC2(C)C3=CCC4(C)C(CCCCCS)CCC4C3(C)CCC2(C)C1. The van der Waals surface area contributed by atoms with Crippen molar-refractivity contribution >= 4 is 12.6 Å². The fourth-order valence-corrected chi connectivity index (χ4v) is 9.26. The highest BCUT2D eigenvalue weighted by molar-refractivity contribution is 7.80. The average molecular weight is 403 g/mol. The van der Waals surface area contributed by atoms with Crippen LogP contribution in [0, 0.1) is 39.4 Å². The second-order valence-corrected chi connectivity index (χ2v) is 12.8. The van der Waals surface area contributed by atoms with Gasteiger partial charge < -0.3 is 0 Å². The summed E-state index contributed by atoms with van der Waals surface area (Å²) in [6, 6.07) is 0. The fraction of sp³-hybridized carbons (Fsp3) is 0.926. The molecule has 3 fully saturated rings. The van der Waals surface area contributed by atoms with Crippen LogP contribution in [0.15, 0.2) is 11.6 Å². The molecule has 4 aliphatic carbocycles. The standard InChI is InChI=1S/C27H46S/c1-20-12-15-27(5)23-13-14-25(3)21(9-7-6-8-18-28)10-11-22(25)26(23,4)17-16-24(27,2)19-20/h13,20-22,28H,6-12,14-19H2,1-5H3. The van der Waals surface area contributed by atoms with E-state index in [0.29, 0.717) is 21.7 Å². The summed E-state index contributed by atoms with van der Waals surface area (Å²) < 4.78 is 0. The van der Waals surface area contributed by atoms with Gasteiger partial charge in [0.1, 0.15) is 0 Å². The van der Waals surface area contributed by atoms with Crippen molar-refractivity contribution in [2.24, 2.45) is 39.4 Å². The topological polar surface area (TPSA) is 0 Å². The average Bonchev–Trinajstić information content (AvgIpc) is 2.98. The third kappa shape index (κ3) is 2.99. The molecule has 4 aliphatic rings. The minimum Gasteiger partial charge on any atom is -0.179 e. The summed E-state index contributed by atoms with van der Waals surface area (Å²) >= 11 is 4.41. The number of allylic oxidation sites excluding steroid dienone is 2. The highest BCUT2D eigenvalue weighted by atomic mass is 32.1. The smallest absolute Gasteiger partial charge is 0.00569 e. The number of rotatable bonds is 5. The molecule has 0 bridgehead atoms. The van der Waals surface area contributed by atoms with Crippen molar-refractivity contribution in [3.63, 3.8) is 0 Å². The third-order valence-corrected chi connectivity index (χ3v) is 11.2. The largest absolute Gasteiger partial charge is 0.179 e. The van der Waals surface area contributed by atoms with E-state index in [9.17, 15) is 0 Å². The molecule has 1 heteroatoms. The van der Waals surface area contributed by atoms with Crippen LogP contribution in [0.5, 0.6) is 0 Å². The summed E-state index contributed by atoms with van der Waals surface area (Å²) in [7, 11) is 0. The lowest BCUT2D eigenvalue weighted by Gasteiger charge is -2.65. The van der Waals surface area contributed by atoms with E-state index in [0.717, 1.165) is 23.5 Å². The van der Waals surface area contributed by atoms with Gasteiger partial charge >= 0.3 is 0 Å². The first-order valence-electron chi connectivity index (χ1n) is 12.5. The van der Waals surface area contributed by atoms with E-state index in [4.69, 9.17) is 0 Å². The Hall–Kier alpha value is 0.0900. The first kappa shape index (κ1) is 21.3. The van der Waals surface area contributed by atoms with E-state index in [1.54, 1.807) is 0 Å². The molecule has 0 aromatic heterocycles. The maximum Gasteiger partial charge on any atom is -0.00569 e. The molecule has 160 valence electrons. The summed E-state index contributed by atoms with van der Waals surface area (Å²) in [4.78, 5) is 0. The van der Waals surface area contributed by atoms with Gasteiger partial charge in [0, 0.05) is 0 Å². The molecule has 0 spiro atoms. The zero-order valence-corrected chi connectivity index (χ0v) is 20.3. The van der Waals surface area contributed by atoms with Crippen LogP contribution in [0.25, 0.3) is 0 Å². The van der Waals surface area contributed by atoms with Crippen LogP contribution in [0.1, 0.15) is 112 Å². The van der Waals surface area contributed by atoms with Gasteiger partial charge in [-0.2, -0.15) is 12.6 Å². The number of hydrogen-bond donors (Lipinski definition) is 1. The van der Waals surface area contributed by atoms with Crippen molar-refractivity contribution in [2.75, 3.05) is 5.75 Å². The summed E-state index contributed by atoms with van der Waals surface area (Å²) in [5, 5.41) is 0. The number of fused-ring (bicyclic) bond motifs is 5. The van der Waals surface area contributed by atoms with Gasteiger partial charge in [-0.1, -0.05) is 59.1 Å². The van der Waals surface area contributed by atoms with Crippen molar-refractivity contribution in [3.05, 3.63) is 11.6 Å². The molecule has 4 rings (SSSR count). The lowest BCUT2D eigenvalue weighted by atomic mass is 9.39. The van der Waals surface area contributed by atoms with Gasteiger partial charge in [-0.3, -0.25) is 0 Å². The predicted molar refractivity (Wildman–Crippen MR) is 126 cm³/mol. The van der Waals surface area contributed by atoms with Crippen LogP contribution in [-0.4, -0.2) is 5.75 Å². The minimum absolute atomic E-state index is 0.457. The van der Waals surface area contributed by atoms with E-state index in [2.05, 4.69) is 53.3 Å². The first-order valence-corrected chi connectivity index (χ1v) is 13.1. The number of thiol groups is 1. The van der Waals surface area contributed by atoms with E-state index in [1.807, 2.05) is 5.57 Å². The molecule has 0 heterocycles. The summed E-state index contributed by atoms with van der Waals surface area (Å²) in [6.45, 7) is 13.2. The molecule has 0 amide bonds. The van der Waals surface area contributed by atoms with E-state index in [-0.39, 0.29) is 0 Å². The van der Waals surface area contributed by atoms with Crippen LogP contribution in [0.3, 0.4) is 0 Å². The monoisotopic (exact) mass is 402 g/mol. The summed E-state index contributed by atoms with van der Waals surface area (Å²) in [5.74, 6) is 3.87. The van der Waals surface area contributed by atoms with E-state index in [1.165, 1.54) is 77.0 Å². The maximum atomic E-state index is 4.41. The Morgan fingerprint density at radius 3 is 2.50 bits per heavy atom. The second kappa shape index (κ2) is 7.35. The molecule has 0 saturated heterocycles. The van der Waals surface area contributed by atoms with Crippen LogP contribution < -0.4 is 0 Å². The molecule has 0 radical (unpaired) electrons. The zero-order chi connectivity index (χ0) is 20.2. The van der Waals surface area contributed by atoms with Gasteiger partial charge in [-0.25, -0.2) is 0 Å². The molecular weight excluding hydrogens is 356 g/mol. The Kier molecular flexibility index (Phi) is 5.60. The van der Waals surface area contributed by atoms with Crippen molar-refractivity contribution in [3.8, 4) is 0 Å². The maximum absolute atomic E-state index is 4.41. The lowest BCUT2D eigenvalue weighted by Crippen LogP contribution is -2.56. The third-order valence-electron chi connectivity index (χ3n) is 10.9. The van der Waals surface area contributed by atoms with Gasteiger partial charge in [0.05, 0.1) is 0 Å². The first-order chi connectivity index (χ1) is 13.2. The van der Waals surface area contributed by atoms with Crippen LogP contribution in [0.2, 0.25) is 0 Å². The van der Waals surface area contributed by atoms with Gasteiger partial charge in [0.15, 0.2) is 0 Å². The molecule has 28 heavy (non-hydrogen) atoms. The Labute approximate surface area is 181 Å². The van der Waals surface area contributed by atoms with Crippen molar-refractivity contribution in [1.29, 1.82) is 0 Å². The molecule has 0 aromatic rings. The molecule has 0 aromatic carbocycles. The normalized spacial score (nSPS) is 50.5. The highest BCUT2D eigenvalue weighted by Crippen LogP contribution is 2.73. The molecule has 3 saturated carbocycles. The van der Waals surface area contributed by atoms with Crippen molar-refractivity contribution < 1.29 is 0 Å². The van der Waals surface area contributed by atoms with Gasteiger partial charge in [0.25, 0.3) is 0 Å². The predicted octanol–water partition coefficient (Wildman–Crippen LogP) is 8.47. The van der Waals surface area contributed by atoms with Gasteiger partial charge in [-0.05, 0) is 109 Å². The van der Waals surface area contributed by atoms with Gasteiger partial charge in [0.2, 0.25) is 0 Å². The molecule has 0 N–H and O–H groups in total. The number of unbranched alkanes of at least 4 members (excludes halogenated alkanes) is 2. The molecule has 0 aliphatic heterocycles. The Balaban J connectivity index is 1.61. The van der Waals surface area contributed by atoms with Crippen molar-refractivity contribution in [2.45, 2.75) is 112 Å². The van der Waals surface area contributed by atoms with Gasteiger partial charge in [-0.15, -0.1) is 0 Å². The molecule has 0 nitrogen and oxygen atoms in total. The minimum atomic E-state index is 0.457. The second-order valence-electron chi connectivity index (χ2n) is 12.4. The molecule has 7 unspecified atom stereocenters. The lowest BCUT2D eigenvalue weighted by molar-refractivity contribution is -0.0779. The van der Waals surface area contributed by atoms with Crippen LogP contribution in [0.4, 0.5) is 0 Å². The fourth-order valence-electron chi connectivity index (χ4n) is 9.03. The molecular formula is C27H46S. The van der Waals surface area contributed by atoms with Crippen LogP contribution in [-0.2, 0) is 0 Å². The van der Waals surface area contributed by atoms with E-state index >= 15 is 0 Å². The van der Waals surface area contributed by atoms with Crippen molar-refractivity contribution in [1.82, 2.24) is 0 Å². The Morgan fingerprint density at radius 1 is 0.964 bits per heavy atom. The summed E-state index contributed by atoms with van der Waals surface area (Å²) in [6.07, 6.45) is 20.0. The van der Waals surface area contributed by atoms with Crippen LogP contribution >= 0.6 is 12.6 Å². The van der Waals surface area contributed by atoms with E-state index < -0.39 is 0 Å². The molecule has 7 atom stereocenters. The highest BCUT2D eigenvalue weighted by Gasteiger charge is 2.64.